The molecule has 12 heteroatoms. The van der Waals surface area contributed by atoms with Gasteiger partial charge in [0.15, 0.2) is 11.5 Å². The maximum Gasteiger partial charge on any atom is 0.266 e. The van der Waals surface area contributed by atoms with Crippen LogP contribution in [0.1, 0.15) is 18.3 Å². The highest BCUT2D eigenvalue weighted by Crippen LogP contribution is 2.22. The number of hydrogen-bond acceptors (Lipinski definition) is 7. The molecule has 0 spiro atoms. The number of halogens is 2. The first-order chi connectivity index (χ1) is 15.3. The van der Waals surface area contributed by atoms with E-state index in [1.54, 1.807) is 29.8 Å². The van der Waals surface area contributed by atoms with Crippen molar-refractivity contribution >= 4 is 21.2 Å². The van der Waals surface area contributed by atoms with Crippen molar-refractivity contribution in [1.29, 1.82) is 0 Å². The molecule has 3 aromatic rings. The first-order valence-corrected chi connectivity index (χ1v) is 10.6. The Morgan fingerprint density at radius 2 is 2.03 bits per heavy atom. The van der Waals surface area contributed by atoms with Crippen molar-refractivity contribution in [3.05, 3.63) is 77.6 Å². The molecule has 0 saturated heterocycles. The summed E-state index contributed by atoms with van der Waals surface area (Å²) in [5.41, 5.74) is 4.89. The molecule has 1 aliphatic rings. The van der Waals surface area contributed by atoms with Crippen LogP contribution in [0, 0.1) is 23.5 Å². The topological polar surface area (TPSA) is 101 Å². The molecule has 0 atom stereocenters. The van der Waals surface area contributed by atoms with Gasteiger partial charge in [0.1, 0.15) is 22.2 Å². The van der Waals surface area contributed by atoms with E-state index >= 15 is 0 Å². The summed E-state index contributed by atoms with van der Waals surface area (Å²) in [7, 11) is -3.09. The Morgan fingerprint density at radius 3 is 2.75 bits per heavy atom. The third-order valence-electron chi connectivity index (χ3n) is 4.36. The second-order valence-electron chi connectivity index (χ2n) is 6.42. The van der Waals surface area contributed by atoms with Gasteiger partial charge in [-0.3, -0.25) is 15.0 Å². The Labute approximate surface area is 182 Å². The zero-order chi connectivity index (χ0) is 22.9. The first kappa shape index (κ1) is 21.3. The molecule has 2 N–H and O–H groups in total. The molecule has 9 nitrogen and oxygen atoms in total. The molecular weight excluding hydrogens is 442 g/mol. The van der Waals surface area contributed by atoms with E-state index in [9.17, 15) is 17.2 Å². The first-order valence-electron chi connectivity index (χ1n) is 9.10. The molecule has 1 aliphatic heterocycles. The lowest BCUT2D eigenvalue weighted by Gasteiger charge is -2.28. The van der Waals surface area contributed by atoms with Crippen LogP contribution in [0.15, 0.2) is 59.5 Å². The Morgan fingerprint density at radius 1 is 1.22 bits per heavy atom. The lowest BCUT2D eigenvalue weighted by atomic mass is 10.1. The van der Waals surface area contributed by atoms with Gasteiger partial charge in [-0.25, -0.2) is 26.7 Å². The summed E-state index contributed by atoms with van der Waals surface area (Å²) in [6.45, 7) is 1.70. The van der Waals surface area contributed by atoms with Crippen molar-refractivity contribution in [2.24, 2.45) is 0 Å². The van der Waals surface area contributed by atoms with Gasteiger partial charge in [-0.2, -0.15) is 5.10 Å². The quantitative estimate of drug-likeness (QED) is 0.564. The number of nitrogens with zero attached hydrogens (tertiary/aromatic N) is 4. The lowest BCUT2D eigenvalue weighted by Crippen LogP contribution is -2.42. The maximum absolute atomic E-state index is 14.1. The number of rotatable bonds is 5. The summed E-state index contributed by atoms with van der Waals surface area (Å²) in [5, 5.41) is 5.52. The smallest absolute Gasteiger partial charge is 0.266 e. The number of aromatic nitrogens is 3. The van der Waals surface area contributed by atoms with Crippen LogP contribution in [0.2, 0.25) is 0 Å². The highest BCUT2D eigenvalue weighted by Gasteiger charge is 2.25. The van der Waals surface area contributed by atoms with Crippen molar-refractivity contribution in [2.45, 2.75) is 11.8 Å². The highest BCUT2D eigenvalue weighted by atomic mass is 32.2. The van der Waals surface area contributed by atoms with Gasteiger partial charge < -0.3 is 0 Å². The van der Waals surface area contributed by atoms with Gasteiger partial charge in [0.2, 0.25) is 0 Å². The number of allylic oxidation sites excluding steroid dienone is 2. The standard InChI is InChI=1S/C20H16F2N6O3S/c1-3-4-15-12-23-19-8-6-17(25-27(15)19)13-9-20(28(31-2)24-11-13)26-32(29,30)18-7-5-14(21)10-16(18)22/h5-12,24,26H,1-2H3. The number of benzene rings is 1. The summed E-state index contributed by atoms with van der Waals surface area (Å²) < 4.78 is 56.4. The van der Waals surface area contributed by atoms with E-state index in [4.69, 9.17) is 4.84 Å². The van der Waals surface area contributed by atoms with E-state index in [0.717, 1.165) is 17.3 Å². The fourth-order valence-corrected chi connectivity index (χ4v) is 4.03. The van der Waals surface area contributed by atoms with E-state index in [-0.39, 0.29) is 5.82 Å². The van der Waals surface area contributed by atoms with Gasteiger partial charge in [-0.15, -0.1) is 5.17 Å². The molecule has 2 aromatic heterocycles. The zero-order valence-corrected chi connectivity index (χ0v) is 17.6. The SMILES string of the molecule is CC#Cc1cnc2ccc(C3=CNN(OC)C(NS(=O)(=O)c4ccc(F)cc4F)=C3)nn12. The normalized spacial score (nSPS) is 13.7. The second kappa shape index (κ2) is 8.29. The molecule has 0 unspecified atom stereocenters. The fourth-order valence-electron chi connectivity index (χ4n) is 2.94. The Bertz CT molecular complexity index is 1440. The summed E-state index contributed by atoms with van der Waals surface area (Å²) in [6.07, 6.45) is 4.57. The summed E-state index contributed by atoms with van der Waals surface area (Å²) in [4.78, 5) is 8.61. The Balaban J connectivity index is 1.71. The third-order valence-corrected chi connectivity index (χ3v) is 5.75. The second-order valence-corrected chi connectivity index (χ2v) is 8.07. The van der Waals surface area contributed by atoms with Gasteiger partial charge in [0.05, 0.1) is 19.0 Å². The van der Waals surface area contributed by atoms with Gasteiger partial charge in [-0.1, -0.05) is 5.92 Å². The largest absolute Gasteiger partial charge is 0.280 e. The number of hydrogen-bond donors (Lipinski definition) is 2. The molecule has 0 saturated carbocycles. The molecule has 4 rings (SSSR count). The van der Waals surface area contributed by atoms with Crippen LogP contribution in [-0.2, 0) is 14.9 Å². The van der Waals surface area contributed by atoms with Crippen LogP contribution in [0.25, 0.3) is 11.2 Å². The van der Waals surface area contributed by atoms with Crippen molar-refractivity contribution in [3.8, 4) is 11.8 Å². The third kappa shape index (κ3) is 3.98. The summed E-state index contributed by atoms with van der Waals surface area (Å²) in [5.74, 6) is 3.50. The van der Waals surface area contributed by atoms with Crippen LogP contribution in [0.5, 0.6) is 0 Å². The van der Waals surface area contributed by atoms with E-state index in [0.29, 0.717) is 28.7 Å². The maximum atomic E-state index is 14.1. The molecule has 0 fully saturated rings. The molecule has 1 aromatic carbocycles. The van der Waals surface area contributed by atoms with Crippen LogP contribution < -0.4 is 10.1 Å². The van der Waals surface area contributed by atoms with Gasteiger partial charge in [0, 0.05) is 17.8 Å². The van der Waals surface area contributed by atoms with Gasteiger partial charge in [0.25, 0.3) is 10.0 Å². The predicted molar refractivity (Wildman–Crippen MR) is 110 cm³/mol. The van der Waals surface area contributed by atoms with Crippen molar-refractivity contribution < 1.29 is 22.0 Å². The van der Waals surface area contributed by atoms with Crippen molar-refractivity contribution in [2.75, 3.05) is 7.11 Å². The zero-order valence-electron chi connectivity index (χ0n) is 16.8. The predicted octanol–water partition coefficient (Wildman–Crippen LogP) is 1.92. The number of imidazole rings is 1. The van der Waals surface area contributed by atoms with E-state index in [2.05, 4.69) is 32.1 Å². The van der Waals surface area contributed by atoms with E-state index in [1.165, 1.54) is 19.4 Å². The molecule has 32 heavy (non-hydrogen) atoms. The fraction of sp³-hybridized carbons (Fsp3) is 0.100. The van der Waals surface area contributed by atoms with Crippen LogP contribution in [-0.4, -0.2) is 35.3 Å². The molecule has 0 bridgehead atoms. The van der Waals surface area contributed by atoms with Crippen LogP contribution >= 0.6 is 0 Å². The lowest BCUT2D eigenvalue weighted by molar-refractivity contribution is -0.133. The van der Waals surface area contributed by atoms with Gasteiger partial charge >= 0.3 is 0 Å². The van der Waals surface area contributed by atoms with Crippen LogP contribution in [0.4, 0.5) is 8.78 Å². The van der Waals surface area contributed by atoms with Crippen molar-refractivity contribution in [3.63, 3.8) is 0 Å². The summed E-state index contributed by atoms with van der Waals surface area (Å²) >= 11 is 0. The average Bonchev–Trinajstić information content (AvgIpc) is 3.15. The van der Waals surface area contributed by atoms with E-state index < -0.39 is 26.6 Å². The van der Waals surface area contributed by atoms with E-state index in [1.807, 2.05) is 0 Å². The number of hydrazine groups is 1. The Kier molecular flexibility index (Phi) is 5.52. The van der Waals surface area contributed by atoms with Crippen molar-refractivity contribution in [1.82, 2.24) is 29.9 Å². The monoisotopic (exact) mass is 458 g/mol. The number of fused-ring (bicyclic) bond motifs is 1. The van der Waals surface area contributed by atoms with Crippen LogP contribution in [0.3, 0.4) is 0 Å². The molecular formula is C20H16F2N6O3S. The minimum atomic E-state index is -4.40. The molecule has 0 amide bonds. The average molecular weight is 458 g/mol. The molecule has 0 aliphatic carbocycles. The molecule has 0 radical (unpaired) electrons. The molecule has 3 heterocycles. The number of hydroxylamine groups is 1. The minimum absolute atomic E-state index is 0.0742. The number of nitrogens with one attached hydrogen (secondary N) is 2. The highest BCUT2D eigenvalue weighted by molar-refractivity contribution is 7.89. The minimum Gasteiger partial charge on any atom is -0.280 e. The summed E-state index contributed by atoms with van der Waals surface area (Å²) in [6, 6.07) is 5.61. The molecule has 164 valence electrons. The Hall–Kier alpha value is -3.95. The van der Waals surface area contributed by atoms with Gasteiger partial charge in [-0.05, 0) is 43.2 Å². The number of sulfonamides is 1.